The van der Waals surface area contributed by atoms with Crippen LogP contribution >= 0.6 is 22.7 Å². The van der Waals surface area contributed by atoms with Crippen molar-refractivity contribution in [3.8, 4) is 0 Å². The molecule has 0 spiro atoms. The SMILES string of the molecule is CC1(C)OB(c2ccc(C=Cc3ccc(B4OC(C)(C)C(C)(C)O4)s3)s2)OC1(C)C. The molecule has 2 aromatic heterocycles. The van der Waals surface area contributed by atoms with E-state index in [9.17, 15) is 0 Å². The molecule has 0 aromatic carbocycles. The van der Waals surface area contributed by atoms with Crippen LogP contribution in [0.15, 0.2) is 24.3 Å². The minimum atomic E-state index is -0.321. The maximum atomic E-state index is 6.16. The van der Waals surface area contributed by atoms with Crippen LogP contribution in [0.2, 0.25) is 0 Å². The third-order valence-corrected chi connectivity index (χ3v) is 8.82. The fourth-order valence-electron chi connectivity index (χ4n) is 3.25. The monoisotopic (exact) mass is 444 g/mol. The van der Waals surface area contributed by atoms with Gasteiger partial charge in [0.05, 0.1) is 22.4 Å². The van der Waals surface area contributed by atoms with Gasteiger partial charge in [0, 0.05) is 19.3 Å². The molecule has 0 radical (unpaired) electrons. The molecule has 0 amide bonds. The topological polar surface area (TPSA) is 36.9 Å². The van der Waals surface area contributed by atoms with Gasteiger partial charge in [-0.1, -0.05) is 12.1 Å². The van der Waals surface area contributed by atoms with Crippen molar-refractivity contribution in [1.29, 1.82) is 0 Å². The highest BCUT2D eigenvalue weighted by Crippen LogP contribution is 2.38. The number of rotatable bonds is 4. The van der Waals surface area contributed by atoms with E-state index in [-0.39, 0.29) is 36.6 Å². The van der Waals surface area contributed by atoms with E-state index in [0.29, 0.717) is 0 Å². The summed E-state index contributed by atoms with van der Waals surface area (Å²) in [6, 6.07) is 8.42. The molecule has 0 aliphatic carbocycles. The predicted octanol–water partition coefficient (Wildman–Crippen LogP) is 4.58. The van der Waals surface area contributed by atoms with Gasteiger partial charge in [-0.3, -0.25) is 0 Å². The van der Waals surface area contributed by atoms with Crippen molar-refractivity contribution in [3.05, 3.63) is 34.0 Å². The third kappa shape index (κ3) is 3.98. The van der Waals surface area contributed by atoms with Crippen LogP contribution in [0.3, 0.4) is 0 Å². The van der Waals surface area contributed by atoms with Gasteiger partial charge in [-0.25, -0.2) is 0 Å². The zero-order chi connectivity index (χ0) is 21.9. The lowest BCUT2D eigenvalue weighted by molar-refractivity contribution is 0.00578. The molecule has 2 aromatic rings. The van der Waals surface area contributed by atoms with Gasteiger partial charge in [0.2, 0.25) is 0 Å². The van der Waals surface area contributed by atoms with Crippen LogP contribution in [-0.2, 0) is 18.6 Å². The van der Waals surface area contributed by atoms with Crippen LogP contribution in [0.25, 0.3) is 12.2 Å². The highest BCUT2D eigenvalue weighted by atomic mass is 32.1. The Morgan fingerprint density at radius 1 is 0.567 bits per heavy atom. The lowest BCUT2D eigenvalue weighted by Crippen LogP contribution is -2.41. The minimum absolute atomic E-state index is 0.307. The summed E-state index contributed by atoms with van der Waals surface area (Å²) in [5.74, 6) is 0. The van der Waals surface area contributed by atoms with Gasteiger partial charge in [0.15, 0.2) is 0 Å². The van der Waals surface area contributed by atoms with Crippen molar-refractivity contribution in [1.82, 2.24) is 0 Å². The maximum absolute atomic E-state index is 6.16. The van der Waals surface area contributed by atoms with E-state index in [1.165, 1.54) is 9.75 Å². The summed E-state index contributed by atoms with van der Waals surface area (Å²) in [5.41, 5.74) is -1.28. The highest BCUT2D eigenvalue weighted by molar-refractivity contribution is 7.24. The van der Waals surface area contributed by atoms with Crippen LogP contribution in [0.5, 0.6) is 0 Å². The van der Waals surface area contributed by atoms with Gasteiger partial charge in [0.25, 0.3) is 0 Å². The fraction of sp³-hybridized carbons (Fsp3) is 0.545. The molecule has 4 nitrogen and oxygen atoms in total. The molecule has 8 heteroatoms. The average Bonchev–Trinajstić information content (AvgIpc) is 3.33. The van der Waals surface area contributed by atoms with E-state index in [1.807, 2.05) is 0 Å². The van der Waals surface area contributed by atoms with Gasteiger partial charge >= 0.3 is 14.2 Å². The summed E-state index contributed by atoms with van der Waals surface area (Å²) in [5, 5.41) is 0. The predicted molar refractivity (Wildman–Crippen MR) is 129 cm³/mol. The van der Waals surface area contributed by atoms with E-state index >= 15 is 0 Å². The Labute approximate surface area is 188 Å². The number of hydrogen-bond acceptors (Lipinski definition) is 6. The third-order valence-electron chi connectivity index (χ3n) is 6.68. The van der Waals surface area contributed by atoms with Crippen molar-refractivity contribution >= 4 is 58.6 Å². The molecule has 0 bridgehead atoms. The van der Waals surface area contributed by atoms with Crippen LogP contribution in [0.4, 0.5) is 0 Å². The van der Waals surface area contributed by atoms with Crippen molar-refractivity contribution in [2.24, 2.45) is 0 Å². The first-order valence-electron chi connectivity index (χ1n) is 10.4. The Balaban J connectivity index is 1.43. The van der Waals surface area contributed by atoms with Crippen LogP contribution in [0.1, 0.15) is 65.1 Å². The van der Waals surface area contributed by atoms with E-state index in [4.69, 9.17) is 18.6 Å². The summed E-state index contributed by atoms with van der Waals surface area (Å²) < 4.78 is 26.8. The molecule has 30 heavy (non-hydrogen) atoms. The minimum Gasteiger partial charge on any atom is -0.399 e. The van der Waals surface area contributed by atoms with Crippen LogP contribution < -0.4 is 9.55 Å². The lowest BCUT2D eigenvalue weighted by atomic mass is 9.88. The molecule has 0 saturated carbocycles. The number of thiophene rings is 2. The second kappa shape index (κ2) is 7.32. The van der Waals surface area contributed by atoms with Crippen LogP contribution in [0, 0.1) is 0 Å². The van der Waals surface area contributed by atoms with Gasteiger partial charge in [-0.05, 0) is 79.7 Å². The van der Waals surface area contributed by atoms with Crippen molar-refractivity contribution in [2.45, 2.75) is 77.8 Å². The van der Waals surface area contributed by atoms with E-state index < -0.39 is 0 Å². The van der Waals surface area contributed by atoms with E-state index in [2.05, 4.69) is 91.8 Å². The quantitative estimate of drug-likeness (QED) is 0.648. The molecule has 2 saturated heterocycles. The first kappa shape index (κ1) is 22.3. The Morgan fingerprint density at radius 3 is 1.17 bits per heavy atom. The zero-order valence-electron chi connectivity index (χ0n) is 19.1. The standard InChI is InChI=1S/C22H30B2O4S2/c1-19(2)20(3,4)26-23(25-19)17-13-11-15(29-17)9-10-16-12-14-18(30-16)24-27-21(5,6)22(7,8)28-24/h9-14H,1-8H3. The largest absolute Gasteiger partial charge is 0.505 e. The lowest BCUT2D eigenvalue weighted by Gasteiger charge is -2.32. The molecule has 0 N–H and O–H groups in total. The van der Waals surface area contributed by atoms with Crippen molar-refractivity contribution in [3.63, 3.8) is 0 Å². The van der Waals surface area contributed by atoms with Gasteiger partial charge in [-0.15, -0.1) is 22.7 Å². The zero-order valence-corrected chi connectivity index (χ0v) is 20.7. The van der Waals surface area contributed by atoms with Crippen LogP contribution in [-0.4, -0.2) is 36.6 Å². The first-order chi connectivity index (χ1) is 13.8. The van der Waals surface area contributed by atoms with E-state index in [0.717, 1.165) is 9.55 Å². The van der Waals surface area contributed by atoms with Gasteiger partial charge < -0.3 is 18.6 Å². The van der Waals surface area contributed by atoms with Gasteiger partial charge in [0.1, 0.15) is 0 Å². The molecule has 0 atom stereocenters. The Kier molecular flexibility index (Phi) is 5.45. The normalized spacial score (nSPS) is 24.3. The highest BCUT2D eigenvalue weighted by Gasteiger charge is 2.53. The Morgan fingerprint density at radius 2 is 0.867 bits per heavy atom. The Hall–Kier alpha value is -0.890. The van der Waals surface area contributed by atoms with E-state index in [1.54, 1.807) is 22.7 Å². The maximum Gasteiger partial charge on any atom is 0.505 e. The van der Waals surface area contributed by atoms with Crippen molar-refractivity contribution in [2.75, 3.05) is 0 Å². The Bertz CT molecular complexity index is 850. The summed E-state index contributed by atoms with van der Waals surface area (Å²) in [7, 11) is -0.613. The molecule has 0 unspecified atom stereocenters. The number of hydrogen-bond donors (Lipinski definition) is 0. The molecule has 2 aliphatic rings. The smallest absolute Gasteiger partial charge is 0.399 e. The molecular formula is C22H30B2O4S2. The summed E-state index contributed by atoms with van der Waals surface area (Å²) in [6.07, 6.45) is 4.28. The molecule has 2 fully saturated rings. The fourth-order valence-corrected chi connectivity index (χ4v) is 5.00. The van der Waals surface area contributed by atoms with Gasteiger partial charge in [-0.2, -0.15) is 0 Å². The molecular weight excluding hydrogens is 414 g/mol. The molecule has 2 aliphatic heterocycles. The molecule has 160 valence electrons. The summed E-state index contributed by atoms with van der Waals surface area (Å²) in [4.78, 5) is 2.34. The second-order valence-corrected chi connectivity index (χ2v) is 12.3. The molecule has 4 rings (SSSR count). The first-order valence-corrected chi connectivity index (χ1v) is 12.0. The average molecular weight is 444 g/mol. The second-order valence-electron chi connectivity index (χ2n) is 9.99. The van der Waals surface area contributed by atoms with Crippen molar-refractivity contribution < 1.29 is 18.6 Å². The summed E-state index contributed by atoms with van der Waals surface area (Å²) in [6.45, 7) is 16.6. The molecule has 4 heterocycles. The summed E-state index contributed by atoms with van der Waals surface area (Å²) >= 11 is 3.40.